The molecule has 8 nitrogen and oxygen atoms in total. The van der Waals surface area contributed by atoms with Crippen LogP contribution < -0.4 is 31.2 Å². The van der Waals surface area contributed by atoms with Crippen LogP contribution in [0.3, 0.4) is 0 Å². The van der Waals surface area contributed by atoms with Gasteiger partial charge in [0, 0.05) is 18.4 Å². The largest absolute Gasteiger partial charge is 0.495 e. The highest BCUT2D eigenvalue weighted by Gasteiger charge is 2.02. The van der Waals surface area contributed by atoms with Crippen LogP contribution in [-0.2, 0) is 9.59 Å². The summed E-state index contributed by atoms with van der Waals surface area (Å²) in [5, 5.41) is 8.00. The van der Waals surface area contributed by atoms with Crippen molar-refractivity contribution < 1.29 is 19.1 Å². The summed E-state index contributed by atoms with van der Waals surface area (Å²) in [6, 6.07) is 10.5. The van der Waals surface area contributed by atoms with Crippen LogP contribution in [0.5, 0.6) is 11.5 Å². The predicted molar refractivity (Wildman–Crippen MR) is 99.3 cm³/mol. The van der Waals surface area contributed by atoms with E-state index in [9.17, 15) is 9.59 Å². The van der Waals surface area contributed by atoms with E-state index in [0.29, 0.717) is 41.4 Å². The summed E-state index contributed by atoms with van der Waals surface area (Å²) >= 11 is 0. The highest BCUT2D eigenvalue weighted by molar-refractivity contribution is 5.78. The Morgan fingerprint density at radius 2 is 1.40 bits per heavy atom. The number of nitrogens with one attached hydrogen (secondary N) is 3. The Kier molecular flexibility index (Phi) is 8.14. The minimum absolute atomic E-state index is 0.576. The maximum absolute atomic E-state index is 10.3. The number of hydrogen-bond acceptors (Lipinski definition) is 6. The van der Waals surface area contributed by atoms with E-state index in [1.165, 1.54) is 7.11 Å². The zero-order chi connectivity index (χ0) is 18.7. The molecule has 5 N–H and O–H groups in total. The Morgan fingerprint density at radius 3 is 1.88 bits per heavy atom. The first-order valence-electron chi connectivity index (χ1n) is 7.29. The molecule has 2 aromatic carbocycles. The third-order valence-electron chi connectivity index (χ3n) is 3.14. The molecule has 0 atom stereocenters. The minimum Gasteiger partial charge on any atom is -0.495 e. The van der Waals surface area contributed by atoms with Gasteiger partial charge in [-0.15, -0.1) is 0 Å². The number of anilines is 4. The van der Waals surface area contributed by atoms with Gasteiger partial charge in [-0.3, -0.25) is 9.59 Å². The van der Waals surface area contributed by atoms with E-state index >= 15 is 0 Å². The Morgan fingerprint density at radius 1 is 0.880 bits per heavy atom. The van der Waals surface area contributed by atoms with Gasteiger partial charge in [0.05, 0.1) is 25.6 Å². The van der Waals surface area contributed by atoms with E-state index in [2.05, 4.69) is 16.0 Å². The van der Waals surface area contributed by atoms with Crippen LogP contribution in [-0.4, -0.2) is 34.1 Å². The average Bonchev–Trinajstić information content (AvgIpc) is 2.63. The van der Waals surface area contributed by atoms with Gasteiger partial charge in [0.25, 0.3) is 0 Å². The van der Waals surface area contributed by atoms with Gasteiger partial charge in [-0.1, -0.05) is 0 Å². The minimum atomic E-state index is 0.576. The molecule has 2 amide bonds. The van der Waals surface area contributed by atoms with Gasteiger partial charge >= 0.3 is 0 Å². The number of rotatable bonds is 7. The smallest absolute Gasteiger partial charge is 0.211 e. The summed E-state index contributed by atoms with van der Waals surface area (Å²) in [4.78, 5) is 20.4. The molecular formula is C17H22N4O4. The first-order chi connectivity index (χ1) is 12.1. The van der Waals surface area contributed by atoms with E-state index in [4.69, 9.17) is 15.2 Å². The molecule has 25 heavy (non-hydrogen) atoms. The maximum atomic E-state index is 10.3. The Labute approximate surface area is 146 Å². The standard InChI is InChI=1S/C9H12N2O2.C8H10N2O2/c1-10-7-3-4-9(13-2)8(5-7)11-6-12;1-12-8-3-2-6(9)4-7(8)10-5-11/h3-6,10H,1-2H3,(H,11,12);2-5H,9H2,1H3,(H,10,11). The van der Waals surface area contributed by atoms with Crippen molar-refractivity contribution in [1.29, 1.82) is 0 Å². The lowest BCUT2D eigenvalue weighted by atomic mass is 10.2. The summed E-state index contributed by atoms with van der Waals surface area (Å²) in [5.41, 5.74) is 8.24. The lowest BCUT2D eigenvalue weighted by Crippen LogP contribution is -1.98. The zero-order valence-electron chi connectivity index (χ0n) is 14.3. The van der Waals surface area contributed by atoms with Crippen molar-refractivity contribution in [2.45, 2.75) is 0 Å². The van der Waals surface area contributed by atoms with Crippen LogP contribution in [0.25, 0.3) is 0 Å². The number of carbonyl (C=O) groups is 2. The fraction of sp³-hybridized carbons (Fsp3) is 0.176. The van der Waals surface area contributed by atoms with Crippen LogP contribution in [0.4, 0.5) is 22.7 Å². The molecule has 134 valence electrons. The summed E-state index contributed by atoms with van der Waals surface area (Å²) in [6.07, 6.45) is 1.20. The first-order valence-corrected chi connectivity index (χ1v) is 7.29. The van der Waals surface area contributed by atoms with Crippen molar-refractivity contribution in [2.24, 2.45) is 0 Å². The lowest BCUT2D eigenvalue weighted by Gasteiger charge is -2.08. The SMILES string of the molecule is CNc1ccc(OC)c(NC=O)c1.COc1ccc(N)cc1NC=O. The zero-order valence-corrected chi connectivity index (χ0v) is 14.3. The molecule has 0 unspecified atom stereocenters. The third kappa shape index (κ3) is 5.94. The molecule has 0 aromatic heterocycles. The fourth-order valence-electron chi connectivity index (χ4n) is 1.94. The molecule has 0 heterocycles. The molecule has 0 radical (unpaired) electrons. The number of methoxy groups -OCH3 is 2. The number of benzene rings is 2. The van der Waals surface area contributed by atoms with E-state index in [0.717, 1.165) is 5.69 Å². The summed E-state index contributed by atoms with van der Waals surface area (Å²) < 4.78 is 10.0. The summed E-state index contributed by atoms with van der Waals surface area (Å²) in [5.74, 6) is 1.24. The number of carbonyl (C=O) groups excluding carboxylic acids is 2. The lowest BCUT2D eigenvalue weighted by molar-refractivity contribution is -0.106. The predicted octanol–water partition coefficient (Wildman–Crippen LogP) is 2.15. The van der Waals surface area contributed by atoms with Crippen molar-refractivity contribution in [2.75, 3.05) is 43.0 Å². The normalized spacial score (nSPS) is 9.08. The van der Waals surface area contributed by atoms with Gasteiger partial charge in [-0.2, -0.15) is 0 Å². The summed E-state index contributed by atoms with van der Waals surface area (Å²) in [7, 11) is 4.90. The van der Waals surface area contributed by atoms with Crippen LogP contribution in [0.15, 0.2) is 36.4 Å². The number of amides is 2. The van der Waals surface area contributed by atoms with Crippen LogP contribution >= 0.6 is 0 Å². The molecule has 0 bridgehead atoms. The molecule has 0 fully saturated rings. The van der Waals surface area contributed by atoms with Gasteiger partial charge in [-0.25, -0.2) is 0 Å². The van der Waals surface area contributed by atoms with E-state index in [1.807, 2.05) is 13.1 Å². The van der Waals surface area contributed by atoms with Crippen molar-refractivity contribution in [3.05, 3.63) is 36.4 Å². The number of nitrogen functional groups attached to an aromatic ring is 1. The number of ether oxygens (including phenoxy) is 2. The second kappa shape index (κ2) is 10.4. The van der Waals surface area contributed by atoms with Crippen molar-refractivity contribution in [1.82, 2.24) is 0 Å². The van der Waals surface area contributed by atoms with E-state index in [1.54, 1.807) is 37.4 Å². The van der Waals surface area contributed by atoms with Crippen molar-refractivity contribution in [3.8, 4) is 11.5 Å². The monoisotopic (exact) mass is 346 g/mol. The average molecular weight is 346 g/mol. The van der Waals surface area contributed by atoms with Gasteiger partial charge in [0.2, 0.25) is 12.8 Å². The Hall–Kier alpha value is -3.42. The molecular weight excluding hydrogens is 324 g/mol. The third-order valence-corrected chi connectivity index (χ3v) is 3.14. The highest BCUT2D eigenvalue weighted by Crippen LogP contribution is 2.27. The quantitative estimate of drug-likeness (QED) is 0.451. The van der Waals surface area contributed by atoms with Gasteiger partial charge in [-0.05, 0) is 36.4 Å². The second-order valence-electron chi connectivity index (χ2n) is 4.65. The number of nitrogens with two attached hydrogens (primary N) is 1. The maximum Gasteiger partial charge on any atom is 0.211 e. The molecule has 0 aliphatic rings. The van der Waals surface area contributed by atoms with Gasteiger partial charge in [0.15, 0.2) is 0 Å². The molecule has 0 spiro atoms. The van der Waals surface area contributed by atoms with Crippen LogP contribution in [0, 0.1) is 0 Å². The topological polar surface area (TPSA) is 115 Å². The Bertz CT molecular complexity index is 707. The molecule has 0 saturated carbocycles. The fourth-order valence-corrected chi connectivity index (χ4v) is 1.94. The van der Waals surface area contributed by atoms with E-state index < -0.39 is 0 Å². The Balaban J connectivity index is 0.000000251. The van der Waals surface area contributed by atoms with Gasteiger partial charge in [0.1, 0.15) is 11.5 Å². The molecule has 8 heteroatoms. The van der Waals surface area contributed by atoms with Crippen molar-refractivity contribution >= 4 is 35.6 Å². The van der Waals surface area contributed by atoms with E-state index in [-0.39, 0.29) is 0 Å². The second-order valence-corrected chi connectivity index (χ2v) is 4.65. The summed E-state index contributed by atoms with van der Waals surface area (Å²) in [6.45, 7) is 0. The van der Waals surface area contributed by atoms with Crippen LogP contribution in [0.1, 0.15) is 0 Å². The molecule has 2 aromatic rings. The van der Waals surface area contributed by atoms with Crippen LogP contribution in [0.2, 0.25) is 0 Å². The molecule has 0 saturated heterocycles. The van der Waals surface area contributed by atoms with Gasteiger partial charge < -0.3 is 31.2 Å². The first kappa shape index (κ1) is 19.6. The molecule has 2 rings (SSSR count). The number of hydrogen-bond donors (Lipinski definition) is 4. The molecule has 0 aliphatic heterocycles. The van der Waals surface area contributed by atoms with Crippen molar-refractivity contribution in [3.63, 3.8) is 0 Å². The molecule has 0 aliphatic carbocycles. The highest BCUT2D eigenvalue weighted by atomic mass is 16.5.